The maximum Gasteiger partial charge on any atom is 0.246 e. The number of benzene rings is 1. The van der Waals surface area contributed by atoms with Gasteiger partial charge in [0, 0.05) is 43.8 Å². The van der Waals surface area contributed by atoms with Gasteiger partial charge in [-0.25, -0.2) is 4.68 Å². The second kappa shape index (κ2) is 8.10. The zero-order chi connectivity index (χ0) is 20.3. The van der Waals surface area contributed by atoms with Crippen molar-refractivity contribution in [3.8, 4) is 11.8 Å². The predicted molar refractivity (Wildman–Crippen MR) is 112 cm³/mol. The van der Waals surface area contributed by atoms with E-state index in [0.717, 1.165) is 56.5 Å². The minimum Gasteiger partial charge on any atom is -0.378 e. The second-order valence-corrected chi connectivity index (χ2v) is 7.44. The van der Waals surface area contributed by atoms with Gasteiger partial charge in [0.05, 0.1) is 42.8 Å². The van der Waals surface area contributed by atoms with Crippen molar-refractivity contribution < 1.29 is 4.74 Å². The van der Waals surface area contributed by atoms with Gasteiger partial charge >= 0.3 is 0 Å². The normalized spacial score (nSPS) is 17.4. The molecule has 2 aliphatic heterocycles. The van der Waals surface area contributed by atoms with Gasteiger partial charge in [-0.2, -0.15) is 10.2 Å². The van der Waals surface area contributed by atoms with Crippen LogP contribution in [-0.4, -0.2) is 70.1 Å². The van der Waals surface area contributed by atoms with Crippen molar-refractivity contribution in [3.05, 3.63) is 54.6 Å². The van der Waals surface area contributed by atoms with E-state index in [0.29, 0.717) is 17.6 Å². The number of aromatic nitrogens is 4. The minimum absolute atomic E-state index is 0.467. The van der Waals surface area contributed by atoms with Crippen LogP contribution in [0.15, 0.2) is 49.1 Å². The maximum absolute atomic E-state index is 9.50. The van der Waals surface area contributed by atoms with Crippen LogP contribution in [0.1, 0.15) is 5.56 Å². The summed E-state index contributed by atoms with van der Waals surface area (Å²) in [4.78, 5) is 13.2. The topological polar surface area (TPSA) is 95.1 Å². The van der Waals surface area contributed by atoms with Gasteiger partial charge in [-0.1, -0.05) is 0 Å². The lowest BCUT2D eigenvalue weighted by atomic mass is 10.1. The van der Waals surface area contributed by atoms with Gasteiger partial charge in [-0.3, -0.25) is 9.88 Å². The number of hydrogen-bond donors (Lipinski definition) is 1. The number of anilines is 3. The zero-order valence-electron chi connectivity index (χ0n) is 16.5. The Morgan fingerprint density at radius 2 is 1.97 bits per heavy atom. The van der Waals surface area contributed by atoms with Crippen LogP contribution in [0.2, 0.25) is 0 Å². The minimum atomic E-state index is 0.467. The Bertz CT molecular complexity index is 1050. The van der Waals surface area contributed by atoms with Gasteiger partial charge in [0.15, 0.2) is 0 Å². The average Bonchev–Trinajstić information content (AvgIpc) is 3.22. The number of rotatable bonds is 5. The molecule has 0 unspecified atom stereocenters. The van der Waals surface area contributed by atoms with E-state index in [1.165, 1.54) is 0 Å². The highest BCUT2D eigenvalue weighted by atomic mass is 16.5. The van der Waals surface area contributed by atoms with E-state index in [1.807, 2.05) is 30.3 Å². The Balaban J connectivity index is 1.31. The van der Waals surface area contributed by atoms with E-state index in [1.54, 1.807) is 23.4 Å². The predicted octanol–water partition coefficient (Wildman–Crippen LogP) is 1.80. The monoisotopic (exact) mass is 402 g/mol. The van der Waals surface area contributed by atoms with Gasteiger partial charge in [0.2, 0.25) is 5.95 Å². The van der Waals surface area contributed by atoms with Gasteiger partial charge in [0.1, 0.15) is 6.33 Å². The van der Waals surface area contributed by atoms with Crippen LogP contribution < -0.4 is 10.2 Å². The molecule has 0 aliphatic carbocycles. The summed E-state index contributed by atoms with van der Waals surface area (Å²) in [6, 6.07) is 12.4. The fraction of sp³-hybridized carbons (Fsp3) is 0.333. The third-order valence-corrected chi connectivity index (χ3v) is 5.52. The molecule has 152 valence electrons. The average molecular weight is 402 g/mol. The molecule has 4 heterocycles. The summed E-state index contributed by atoms with van der Waals surface area (Å²) in [6.45, 7) is 5.56. The van der Waals surface area contributed by atoms with Crippen LogP contribution in [0.25, 0.3) is 5.69 Å². The first-order chi connectivity index (χ1) is 14.8. The molecular weight excluding hydrogens is 380 g/mol. The summed E-state index contributed by atoms with van der Waals surface area (Å²) in [5.41, 5.74) is 3.27. The molecule has 0 amide bonds. The molecule has 2 fully saturated rings. The highest BCUT2D eigenvalue weighted by Crippen LogP contribution is 2.26. The van der Waals surface area contributed by atoms with E-state index in [4.69, 9.17) is 4.74 Å². The number of ether oxygens (including phenoxy) is 1. The van der Waals surface area contributed by atoms with Crippen molar-refractivity contribution >= 4 is 17.3 Å². The van der Waals surface area contributed by atoms with Crippen molar-refractivity contribution in [2.75, 3.05) is 49.6 Å². The molecule has 1 N–H and O–H groups in total. The molecule has 0 spiro atoms. The van der Waals surface area contributed by atoms with E-state index in [2.05, 4.69) is 36.3 Å². The number of nitrogens with one attached hydrogen (secondary N) is 1. The van der Waals surface area contributed by atoms with Crippen molar-refractivity contribution in [1.82, 2.24) is 24.6 Å². The number of piperazine rings is 1. The van der Waals surface area contributed by atoms with E-state index in [-0.39, 0.29) is 0 Å². The highest BCUT2D eigenvalue weighted by molar-refractivity contribution is 5.66. The standard InChI is InChI=1S/C21H22N8O/c22-11-16-8-17(25-21-24-15-29(26-21)18-2-1-3-23-12-18)10-19(9-16)27-4-6-28(7-5-27)20-13-30-14-20/h1-3,8-10,12,15,20H,4-7,13-14H2,(H,25,26). The molecule has 30 heavy (non-hydrogen) atoms. The fourth-order valence-electron chi connectivity index (χ4n) is 3.77. The number of nitriles is 1. The Labute approximate surface area is 174 Å². The van der Waals surface area contributed by atoms with Crippen LogP contribution in [0.5, 0.6) is 0 Å². The SMILES string of the molecule is N#Cc1cc(Nc2ncn(-c3cccnc3)n2)cc(N2CCN(C3COC3)CC2)c1. The molecule has 9 heteroatoms. The van der Waals surface area contributed by atoms with Crippen LogP contribution in [0.3, 0.4) is 0 Å². The summed E-state index contributed by atoms with van der Waals surface area (Å²) < 4.78 is 6.98. The molecule has 9 nitrogen and oxygen atoms in total. The van der Waals surface area contributed by atoms with E-state index in [9.17, 15) is 5.26 Å². The van der Waals surface area contributed by atoms with E-state index >= 15 is 0 Å². The molecule has 0 radical (unpaired) electrons. The lowest BCUT2D eigenvalue weighted by Gasteiger charge is -2.43. The van der Waals surface area contributed by atoms with Crippen molar-refractivity contribution in [3.63, 3.8) is 0 Å². The zero-order valence-corrected chi connectivity index (χ0v) is 16.5. The van der Waals surface area contributed by atoms with Crippen molar-refractivity contribution in [2.24, 2.45) is 0 Å². The van der Waals surface area contributed by atoms with Crippen LogP contribution >= 0.6 is 0 Å². The Kier molecular flexibility index (Phi) is 5.01. The quantitative estimate of drug-likeness (QED) is 0.690. The molecule has 0 saturated carbocycles. The van der Waals surface area contributed by atoms with Gasteiger partial charge in [0.25, 0.3) is 0 Å². The molecule has 0 atom stereocenters. The largest absolute Gasteiger partial charge is 0.378 e. The van der Waals surface area contributed by atoms with Crippen molar-refractivity contribution in [1.29, 1.82) is 5.26 Å². The summed E-state index contributed by atoms with van der Waals surface area (Å²) >= 11 is 0. The van der Waals surface area contributed by atoms with Gasteiger partial charge in [-0.15, -0.1) is 5.10 Å². The molecule has 2 aromatic heterocycles. The molecule has 2 saturated heterocycles. The number of nitrogens with zero attached hydrogens (tertiary/aromatic N) is 7. The smallest absolute Gasteiger partial charge is 0.246 e. The molecule has 0 bridgehead atoms. The Hall–Kier alpha value is -3.48. The molecule has 2 aliphatic rings. The summed E-state index contributed by atoms with van der Waals surface area (Å²) in [5, 5.41) is 17.2. The van der Waals surface area contributed by atoms with Crippen LogP contribution in [0, 0.1) is 11.3 Å². The molecule has 1 aromatic carbocycles. The molecule has 5 rings (SSSR count). The summed E-state index contributed by atoms with van der Waals surface area (Å²) in [7, 11) is 0. The lowest BCUT2D eigenvalue weighted by molar-refractivity contribution is -0.0660. The van der Waals surface area contributed by atoms with Gasteiger partial charge in [-0.05, 0) is 30.3 Å². The summed E-state index contributed by atoms with van der Waals surface area (Å²) in [6.07, 6.45) is 5.08. The third kappa shape index (κ3) is 3.83. The van der Waals surface area contributed by atoms with Crippen molar-refractivity contribution in [2.45, 2.75) is 6.04 Å². The van der Waals surface area contributed by atoms with Gasteiger partial charge < -0.3 is 15.0 Å². The fourth-order valence-corrected chi connectivity index (χ4v) is 3.77. The van der Waals surface area contributed by atoms with Crippen LogP contribution in [0.4, 0.5) is 17.3 Å². The Morgan fingerprint density at radius 1 is 1.10 bits per heavy atom. The Morgan fingerprint density at radius 3 is 2.67 bits per heavy atom. The van der Waals surface area contributed by atoms with E-state index < -0.39 is 0 Å². The number of hydrogen-bond acceptors (Lipinski definition) is 8. The lowest BCUT2D eigenvalue weighted by Crippen LogP contribution is -2.56. The highest BCUT2D eigenvalue weighted by Gasteiger charge is 2.29. The summed E-state index contributed by atoms with van der Waals surface area (Å²) in [5.74, 6) is 0.467. The third-order valence-electron chi connectivity index (χ3n) is 5.52. The molecule has 3 aromatic rings. The first kappa shape index (κ1) is 18.5. The second-order valence-electron chi connectivity index (χ2n) is 7.44. The maximum atomic E-state index is 9.50. The van der Waals surface area contributed by atoms with Crippen LogP contribution in [-0.2, 0) is 4.74 Å². The first-order valence-electron chi connectivity index (χ1n) is 9.99. The first-order valence-corrected chi connectivity index (χ1v) is 9.99. The molecular formula is C21H22N8O. The number of pyridine rings is 1.